The normalized spacial score (nSPS) is 20.4. The van der Waals surface area contributed by atoms with E-state index < -0.39 is 36.8 Å². The fourth-order valence-corrected chi connectivity index (χ4v) is 21.6. The van der Waals surface area contributed by atoms with E-state index in [1.807, 2.05) is 0 Å². The fourth-order valence-electron chi connectivity index (χ4n) is 1.14. The molecule has 70 valence electrons. The molecule has 0 radical (unpaired) electrons. The summed E-state index contributed by atoms with van der Waals surface area (Å²) in [5, 5.41) is 0. The summed E-state index contributed by atoms with van der Waals surface area (Å²) >= 11 is -4.87. The summed E-state index contributed by atoms with van der Waals surface area (Å²) in [4.78, 5) is 0. The van der Waals surface area contributed by atoms with E-state index in [0.29, 0.717) is 0 Å². The van der Waals surface area contributed by atoms with Crippen LogP contribution in [0.2, 0.25) is 0 Å². The molecule has 0 bridgehead atoms. The van der Waals surface area contributed by atoms with Gasteiger partial charge in [0, 0.05) is 0 Å². The monoisotopic (exact) mass is 402 g/mol. The zero-order valence-electron chi connectivity index (χ0n) is 8.23. The van der Waals surface area contributed by atoms with Crippen molar-refractivity contribution in [1.29, 1.82) is 0 Å². The quantitative estimate of drug-likeness (QED) is 0.470. The molecule has 2 rings (SSSR count). The second-order valence-electron chi connectivity index (χ2n) is 3.43. The summed E-state index contributed by atoms with van der Waals surface area (Å²) < 4.78 is 31.3. The van der Waals surface area contributed by atoms with Crippen LogP contribution in [0.5, 0.6) is 0 Å². The van der Waals surface area contributed by atoms with E-state index in [1.165, 1.54) is 0 Å². The van der Waals surface area contributed by atoms with Crippen LogP contribution in [0.4, 0.5) is 0 Å². The van der Waals surface area contributed by atoms with Crippen LogP contribution in [-0.4, -0.2) is 60.2 Å². The van der Waals surface area contributed by atoms with E-state index in [2.05, 4.69) is 23.6 Å². The van der Waals surface area contributed by atoms with Gasteiger partial charge in [-0.25, -0.2) is 0 Å². The number of hydrogen-bond acceptors (Lipinski definition) is 2. The van der Waals surface area contributed by atoms with E-state index in [1.54, 1.807) is 14.2 Å². The van der Waals surface area contributed by atoms with Crippen molar-refractivity contribution in [2.24, 2.45) is 0 Å². The minimum atomic E-state index is -2.43. The van der Waals surface area contributed by atoms with Crippen LogP contribution in [0.15, 0.2) is 0 Å². The maximum absolute atomic E-state index is 5.13. The van der Waals surface area contributed by atoms with Crippen LogP contribution in [0, 0.1) is 23.6 Å². The Morgan fingerprint density at radius 3 is 1.43 bits per heavy atom. The molecule has 0 saturated heterocycles. The maximum atomic E-state index is 5.13. The number of rotatable bonds is 4. The third-order valence-electron chi connectivity index (χ3n) is 2.06. The molecule has 0 N–H and O–H groups in total. The van der Waals surface area contributed by atoms with Gasteiger partial charge in [0.15, 0.2) is 0 Å². The molecule has 4 heteroatoms. The van der Waals surface area contributed by atoms with Crippen molar-refractivity contribution in [3.63, 3.8) is 0 Å². The number of methoxy groups -OCH3 is 2. The van der Waals surface area contributed by atoms with Crippen LogP contribution < -0.4 is 0 Å². The Bertz CT molecular complexity index is 380. The van der Waals surface area contributed by atoms with Crippen LogP contribution in [0.3, 0.4) is 0 Å². The van der Waals surface area contributed by atoms with Crippen molar-refractivity contribution in [3.8, 4) is 23.6 Å². The van der Waals surface area contributed by atoms with Crippen molar-refractivity contribution in [2.45, 2.75) is 0 Å². The van der Waals surface area contributed by atoms with Gasteiger partial charge in [-0.05, 0) is 0 Å². The third kappa shape index (κ3) is 2.41. The van der Waals surface area contributed by atoms with Gasteiger partial charge in [-0.2, -0.15) is 0 Å². The molecule has 2 aliphatic heterocycles. The van der Waals surface area contributed by atoms with Crippen molar-refractivity contribution in [2.75, 3.05) is 23.5 Å². The molecule has 2 heterocycles. The first-order chi connectivity index (χ1) is 6.74. The average molecular weight is 400 g/mol. The molecule has 0 fully saturated rings. The molecular weight excluding hydrogens is 390 g/mol. The van der Waals surface area contributed by atoms with Crippen molar-refractivity contribution in [3.05, 3.63) is 0 Å². The van der Waals surface area contributed by atoms with Crippen molar-refractivity contribution >= 4 is 36.8 Å². The molecule has 0 aromatic carbocycles. The Morgan fingerprint density at radius 2 is 1.21 bits per heavy atom. The molecule has 0 saturated carbocycles. The summed E-state index contributed by atoms with van der Waals surface area (Å²) in [5.74, 6) is 0. The predicted molar refractivity (Wildman–Crippen MR) is 58.6 cm³/mol. The summed E-state index contributed by atoms with van der Waals surface area (Å²) in [6, 6.07) is 0. The van der Waals surface area contributed by atoms with E-state index in [9.17, 15) is 0 Å². The molecule has 14 heavy (non-hydrogen) atoms. The van der Waals surface area contributed by atoms with E-state index in [0.717, 1.165) is 9.25 Å². The zero-order chi connectivity index (χ0) is 10.1. The van der Waals surface area contributed by atoms with Crippen LogP contribution in [0.25, 0.3) is 0 Å². The Morgan fingerprint density at radius 1 is 0.857 bits per heavy atom. The van der Waals surface area contributed by atoms with E-state index >= 15 is 0 Å². The topological polar surface area (TPSA) is 18.5 Å². The van der Waals surface area contributed by atoms with Crippen LogP contribution in [0.1, 0.15) is 0 Å². The Labute approximate surface area is 92.5 Å². The van der Waals surface area contributed by atoms with Gasteiger partial charge in [-0.15, -0.1) is 0 Å². The zero-order valence-corrected chi connectivity index (χ0v) is 13.9. The predicted octanol–water partition coefficient (Wildman–Crippen LogP) is -0.472. The molecule has 0 amide bonds. The van der Waals surface area contributed by atoms with Gasteiger partial charge in [0.1, 0.15) is 0 Å². The Balaban J connectivity index is 1.93. The molecule has 0 atom stereocenters. The number of hydrogen-bond donors (Lipinski definition) is 0. The summed E-state index contributed by atoms with van der Waals surface area (Å²) in [7, 11) is 3.42. The second kappa shape index (κ2) is 3.98. The van der Waals surface area contributed by atoms with E-state index in [-0.39, 0.29) is 0 Å². The van der Waals surface area contributed by atoms with Gasteiger partial charge in [-0.1, -0.05) is 0 Å². The van der Waals surface area contributed by atoms with Gasteiger partial charge < -0.3 is 0 Å². The molecule has 0 unspecified atom stereocenters. The number of ether oxygens (including phenoxy) is 2. The van der Waals surface area contributed by atoms with Gasteiger partial charge in [0.2, 0.25) is 0 Å². The Kier molecular flexibility index (Phi) is 3.05. The van der Waals surface area contributed by atoms with Crippen molar-refractivity contribution < 1.29 is 9.47 Å². The molecule has 2 aliphatic rings. The molecule has 0 spiro atoms. The van der Waals surface area contributed by atoms with Crippen LogP contribution in [-0.2, 0) is 9.47 Å². The molecule has 2 nitrogen and oxygen atoms in total. The minimum absolute atomic E-state index is 0.761. The van der Waals surface area contributed by atoms with Gasteiger partial charge in [0.05, 0.1) is 0 Å². The first kappa shape index (κ1) is 10.7. The average Bonchev–Trinajstić information content (AvgIpc) is 3.02. The van der Waals surface area contributed by atoms with Crippen molar-refractivity contribution in [1.82, 2.24) is 0 Å². The first-order valence-corrected chi connectivity index (χ1v) is 16.9. The van der Waals surface area contributed by atoms with Crippen LogP contribution >= 0.6 is 0 Å². The van der Waals surface area contributed by atoms with Gasteiger partial charge in [0.25, 0.3) is 0 Å². The standard InChI is InChI=1S/2C2H5O.3C2.2Sn/c2*1-3-2;3*1-2;;/h2*1H2,2H3;;;;;. The molecular formula is C10H10O2Sn2. The third-order valence-corrected chi connectivity index (χ3v) is 16.2. The molecule has 0 aromatic heterocycles. The summed E-state index contributed by atoms with van der Waals surface area (Å²) in [6.45, 7) is 0. The van der Waals surface area contributed by atoms with Gasteiger partial charge >= 0.3 is 93.3 Å². The first-order valence-electron chi connectivity index (χ1n) is 4.35. The molecule has 0 aromatic rings. The second-order valence-corrected chi connectivity index (χ2v) is 19.7. The fraction of sp³-hybridized carbons (Fsp3) is 0.400. The van der Waals surface area contributed by atoms with E-state index in [4.69, 9.17) is 9.47 Å². The summed E-state index contributed by atoms with van der Waals surface area (Å²) in [5.41, 5.74) is 0. The summed E-state index contributed by atoms with van der Waals surface area (Å²) in [6.07, 6.45) is 0. The Hall–Kier alpha value is 0.197. The SMILES string of the molecule is CO[CH2][Sn]1([C]#[C][Sn]2([CH2]OC)[C]#[C]2)[C]#[C]1. The van der Waals surface area contributed by atoms with Gasteiger partial charge in [-0.3, -0.25) is 0 Å². The molecule has 0 aliphatic carbocycles.